The minimum atomic E-state index is 0.782. The van der Waals surface area contributed by atoms with Gasteiger partial charge in [0, 0.05) is 31.0 Å². The lowest BCUT2D eigenvalue weighted by Gasteiger charge is -2.18. The number of rotatable bonds is 3. The van der Waals surface area contributed by atoms with Crippen molar-refractivity contribution in [2.24, 2.45) is 0 Å². The van der Waals surface area contributed by atoms with E-state index in [0.29, 0.717) is 0 Å². The van der Waals surface area contributed by atoms with Gasteiger partial charge in [-0.3, -0.25) is 4.68 Å². The zero-order valence-corrected chi connectivity index (χ0v) is 11.5. The first-order valence-corrected chi connectivity index (χ1v) is 6.92. The highest BCUT2D eigenvalue weighted by Gasteiger charge is 2.18. The van der Waals surface area contributed by atoms with Crippen LogP contribution in [0.1, 0.15) is 31.0 Å². The molecule has 0 unspecified atom stereocenters. The molecule has 2 heterocycles. The highest BCUT2D eigenvalue weighted by atomic mass is 15.3. The van der Waals surface area contributed by atoms with Crippen molar-refractivity contribution in [3.05, 3.63) is 23.7 Å². The summed E-state index contributed by atoms with van der Waals surface area (Å²) in [5.74, 6) is 1.76. The lowest BCUT2D eigenvalue weighted by molar-refractivity contribution is 0.659. The van der Waals surface area contributed by atoms with Crippen LogP contribution in [0.3, 0.4) is 0 Å². The molecule has 0 spiro atoms. The minimum absolute atomic E-state index is 0.782. The molecule has 0 amide bonds. The predicted molar refractivity (Wildman–Crippen MR) is 75.1 cm³/mol. The normalized spacial score (nSPS) is 14.2. The molecule has 0 saturated carbocycles. The van der Waals surface area contributed by atoms with Crippen molar-refractivity contribution >= 4 is 5.82 Å². The van der Waals surface area contributed by atoms with E-state index in [4.69, 9.17) is 4.98 Å². The molecule has 0 radical (unpaired) electrons. The molecular weight excluding hydrogens is 238 g/mol. The van der Waals surface area contributed by atoms with Crippen molar-refractivity contribution in [3.8, 4) is 11.4 Å². The molecule has 0 fully saturated rings. The molecular formula is C14H19N5. The fourth-order valence-electron chi connectivity index (χ4n) is 2.58. The van der Waals surface area contributed by atoms with E-state index in [2.05, 4.69) is 22.3 Å². The summed E-state index contributed by atoms with van der Waals surface area (Å²) in [5.41, 5.74) is 3.48. The van der Waals surface area contributed by atoms with Crippen molar-refractivity contribution in [3.63, 3.8) is 0 Å². The summed E-state index contributed by atoms with van der Waals surface area (Å²) >= 11 is 0. The fraction of sp³-hybridized carbons (Fsp3) is 0.500. The highest BCUT2D eigenvalue weighted by molar-refractivity contribution is 5.58. The molecule has 5 nitrogen and oxygen atoms in total. The average Bonchev–Trinajstić information content (AvgIpc) is 2.95. The van der Waals surface area contributed by atoms with Crippen LogP contribution in [0.2, 0.25) is 0 Å². The number of nitrogens with zero attached hydrogens (tertiary/aromatic N) is 4. The Morgan fingerprint density at radius 1 is 1.26 bits per heavy atom. The molecule has 0 atom stereocenters. The van der Waals surface area contributed by atoms with Crippen molar-refractivity contribution in [2.75, 3.05) is 12.4 Å². The Morgan fingerprint density at radius 2 is 2.11 bits per heavy atom. The van der Waals surface area contributed by atoms with Gasteiger partial charge in [0.2, 0.25) is 0 Å². The van der Waals surface area contributed by atoms with E-state index in [1.54, 1.807) is 0 Å². The maximum Gasteiger partial charge on any atom is 0.164 e. The van der Waals surface area contributed by atoms with Crippen molar-refractivity contribution in [1.29, 1.82) is 0 Å². The maximum absolute atomic E-state index is 4.74. The van der Waals surface area contributed by atoms with Gasteiger partial charge in [-0.1, -0.05) is 0 Å². The standard InChI is InChI=1S/C14H19N5/c1-3-19-9-10(8-16-19)13-17-12-7-5-4-6-11(12)14(15-2)18-13/h8-9H,3-7H2,1-2H3,(H,15,17,18). The molecule has 5 heteroatoms. The molecule has 1 aliphatic rings. The first-order chi connectivity index (χ1) is 9.31. The number of hydrogen-bond donors (Lipinski definition) is 1. The molecule has 3 rings (SSSR count). The van der Waals surface area contributed by atoms with Gasteiger partial charge in [0.05, 0.1) is 11.8 Å². The van der Waals surface area contributed by atoms with Crippen LogP contribution >= 0.6 is 0 Å². The molecule has 1 N–H and O–H groups in total. The van der Waals surface area contributed by atoms with E-state index < -0.39 is 0 Å². The van der Waals surface area contributed by atoms with Gasteiger partial charge in [0.1, 0.15) is 5.82 Å². The summed E-state index contributed by atoms with van der Waals surface area (Å²) < 4.78 is 1.90. The Bertz CT molecular complexity index is 570. The Morgan fingerprint density at radius 3 is 2.84 bits per heavy atom. The second-order valence-electron chi connectivity index (χ2n) is 4.86. The van der Waals surface area contributed by atoms with Gasteiger partial charge in [-0.25, -0.2) is 9.97 Å². The molecule has 2 aromatic rings. The lowest BCUT2D eigenvalue weighted by Crippen LogP contribution is -2.11. The lowest BCUT2D eigenvalue weighted by atomic mass is 9.96. The van der Waals surface area contributed by atoms with Gasteiger partial charge in [-0.15, -0.1) is 0 Å². The predicted octanol–water partition coefficient (Wildman–Crippen LogP) is 2.28. The molecule has 0 bridgehead atoms. The van der Waals surface area contributed by atoms with Crippen molar-refractivity contribution < 1.29 is 0 Å². The van der Waals surface area contributed by atoms with Gasteiger partial charge < -0.3 is 5.32 Å². The van der Waals surface area contributed by atoms with E-state index in [0.717, 1.165) is 36.6 Å². The van der Waals surface area contributed by atoms with Crippen LogP contribution in [0.4, 0.5) is 5.82 Å². The van der Waals surface area contributed by atoms with E-state index in [1.165, 1.54) is 24.1 Å². The summed E-state index contributed by atoms with van der Waals surface area (Å²) in [6.07, 6.45) is 8.44. The first-order valence-electron chi connectivity index (χ1n) is 6.92. The highest BCUT2D eigenvalue weighted by Crippen LogP contribution is 2.27. The van der Waals surface area contributed by atoms with Crippen molar-refractivity contribution in [1.82, 2.24) is 19.7 Å². The topological polar surface area (TPSA) is 55.6 Å². The zero-order valence-electron chi connectivity index (χ0n) is 11.5. The third-order valence-corrected chi connectivity index (χ3v) is 3.64. The van der Waals surface area contributed by atoms with Crippen molar-refractivity contribution in [2.45, 2.75) is 39.2 Å². The molecule has 0 aliphatic heterocycles. The number of nitrogens with one attached hydrogen (secondary N) is 1. The van der Waals surface area contributed by atoms with Crippen LogP contribution in [0.5, 0.6) is 0 Å². The van der Waals surface area contributed by atoms with E-state index >= 15 is 0 Å². The molecule has 2 aromatic heterocycles. The quantitative estimate of drug-likeness (QED) is 0.916. The summed E-state index contributed by atoms with van der Waals surface area (Å²) in [6, 6.07) is 0. The monoisotopic (exact) mass is 257 g/mol. The number of anilines is 1. The summed E-state index contributed by atoms with van der Waals surface area (Å²) in [4.78, 5) is 9.38. The first kappa shape index (κ1) is 12.1. The third-order valence-electron chi connectivity index (χ3n) is 3.64. The van der Waals surface area contributed by atoms with Gasteiger partial charge >= 0.3 is 0 Å². The molecule has 0 aromatic carbocycles. The van der Waals surface area contributed by atoms with Crippen LogP contribution < -0.4 is 5.32 Å². The summed E-state index contributed by atoms with van der Waals surface area (Å²) in [7, 11) is 1.93. The van der Waals surface area contributed by atoms with Gasteiger partial charge in [-0.05, 0) is 32.6 Å². The number of hydrogen-bond acceptors (Lipinski definition) is 4. The van der Waals surface area contributed by atoms with Crippen LogP contribution in [0, 0.1) is 0 Å². The van der Waals surface area contributed by atoms with Crippen LogP contribution in [-0.2, 0) is 19.4 Å². The van der Waals surface area contributed by atoms with Crippen LogP contribution in [0.15, 0.2) is 12.4 Å². The number of aromatic nitrogens is 4. The number of fused-ring (bicyclic) bond motifs is 1. The van der Waals surface area contributed by atoms with E-state index in [9.17, 15) is 0 Å². The maximum atomic E-state index is 4.74. The van der Waals surface area contributed by atoms with Gasteiger partial charge in [0.15, 0.2) is 5.82 Å². The van der Waals surface area contributed by atoms with Crippen LogP contribution in [0.25, 0.3) is 11.4 Å². The average molecular weight is 257 g/mol. The molecule has 0 saturated heterocycles. The Balaban J connectivity index is 2.06. The second kappa shape index (κ2) is 4.99. The third kappa shape index (κ3) is 2.20. The summed E-state index contributed by atoms with van der Waals surface area (Å²) in [5, 5.41) is 7.50. The Labute approximate surface area is 113 Å². The van der Waals surface area contributed by atoms with Gasteiger partial charge in [-0.2, -0.15) is 5.10 Å². The summed E-state index contributed by atoms with van der Waals surface area (Å²) in [6.45, 7) is 2.94. The SMILES string of the molecule is CCn1cc(-c2nc3c(c(NC)n2)CCCC3)cn1. The van der Waals surface area contributed by atoms with E-state index in [-0.39, 0.29) is 0 Å². The second-order valence-corrected chi connectivity index (χ2v) is 4.86. The van der Waals surface area contributed by atoms with Gasteiger partial charge in [0.25, 0.3) is 0 Å². The molecule has 100 valence electrons. The number of aryl methyl sites for hydroxylation is 2. The van der Waals surface area contributed by atoms with E-state index in [1.807, 2.05) is 24.1 Å². The largest absolute Gasteiger partial charge is 0.373 e. The minimum Gasteiger partial charge on any atom is -0.373 e. The fourth-order valence-corrected chi connectivity index (χ4v) is 2.58. The molecule has 1 aliphatic carbocycles. The molecule has 19 heavy (non-hydrogen) atoms. The smallest absolute Gasteiger partial charge is 0.164 e. The van der Waals surface area contributed by atoms with Crippen LogP contribution in [-0.4, -0.2) is 26.8 Å². The Kier molecular flexibility index (Phi) is 3.19. The zero-order chi connectivity index (χ0) is 13.2. The Hall–Kier alpha value is -1.91.